The Balaban J connectivity index is 1.59. The van der Waals surface area contributed by atoms with Gasteiger partial charge in [-0.1, -0.05) is 30.3 Å². The van der Waals surface area contributed by atoms with Gasteiger partial charge in [-0.25, -0.2) is 14.5 Å². The lowest BCUT2D eigenvalue weighted by Crippen LogP contribution is -2.30. The molecule has 2 heterocycles. The molecule has 0 unspecified atom stereocenters. The van der Waals surface area contributed by atoms with Crippen LogP contribution in [0.25, 0.3) is 0 Å². The van der Waals surface area contributed by atoms with Gasteiger partial charge < -0.3 is 14.6 Å². The molecule has 0 spiro atoms. The zero-order valence-electron chi connectivity index (χ0n) is 15.6. The number of aryl methyl sites for hydroxylation is 1. The topological polar surface area (TPSA) is 86.0 Å². The Bertz CT molecular complexity index is 871. The number of nitrogens with zero attached hydrogens (tertiary/aromatic N) is 4. The molecule has 8 nitrogen and oxygen atoms in total. The second-order valence-electron chi connectivity index (χ2n) is 6.19. The van der Waals surface area contributed by atoms with Crippen LogP contribution in [-0.4, -0.2) is 39.1 Å². The molecule has 2 N–H and O–H groups in total. The SMILES string of the molecule is COCCn1cncc1CNC(=O)Nc1cc(C)nn1Cc1ccccc1. The van der Waals surface area contributed by atoms with Crippen molar-refractivity contribution >= 4 is 11.8 Å². The third kappa shape index (κ3) is 5.18. The van der Waals surface area contributed by atoms with E-state index in [4.69, 9.17) is 4.74 Å². The summed E-state index contributed by atoms with van der Waals surface area (Å²) in [5, 5.41) is 10.2. The number of rotatable bonds is 8. The number of benzene rings is 1. The van der Waals surface area contributed by atoms with Crippen molar-refractivity contribution in [1.29, 1.82) is 0 Å². The number of amides is 2. The molecule has 0 atom stereocenters. The molecule has 2 aromatic heterocycles. The summed E-state index contributed by atoms with van der Waals surface area (Å²) in [4.78, 5) is 16.5. The van der Waals surface area contributed by atoms with Crippen LogP contribution in [0, 0.1) is 6.92 Å². The number of ether oxygens (including phenoxy) is 1. The van der Waals surface area contributed by atoms with Crippen LogP contribution < -0.4 is 10.6 Å². The first-order valence-corrected chi connectivity index (χ1v) is 8.77. The number of nitrogens with one attached hydrogen (secondary N) is 2. The number of urea groups is 1. The van der Waals surface area contributed by atoms with E-state index in [0.717, 1.165) is 17.0 Å². The number of anilines is 1. The number of methoxy groups -OCH3 is 1. The highest BCUT2D eigenvalue weighted by Crippen LogP contribution is 2.13. The van der Waals surface area contributed by atoms with E-state index < -0.39 is 0 Å². The molecule has 8 heteroatoms. The second kappa shape index (κ2) is 9.00. The van der Waals surface area contributed by atoms with E-state index in [1.807, 2.05) is 47.9 Å². The first-order valence-electron chi connectivity index (χ1n) is 8.77. The fraction of sp³-hybridized carbons (Fsp3) is 0.316. The average molecular weight is 368 g/mol. The Kier molecular flexibility index (Phi) is 6.22. The highest BCUT2D eigenvalue weighted by Gasteiger charge is 2.10. The number of hydrogen-bond donors (Lipinski definition) is 2. The van der Waals surface area contributed by atoms with E-state index in [9.17, 15) is 4.79 Å². The average Bonchev–Trinajstić information content (AvgIpc) is 3.25. The molecule has 0 bridgehead atoms. The van der Waals surface area contributed by atoms with Crippen LogP contribution in [0.2, 0.25) is 0 Å². The lowest BCUT2D eigenvalue weighted by Gasteiger charge is -2.11. The Morgan fingerprint density at radius 2 is 2.07 bits per heavy atom. The highest BCUT2D eigenvalue weighted by atomic mass is 16.5. The molecule has 0 saturated heterocycles. The van der Waals surface area contributed by atoms with Crippen molar-refractivity contribution in [2.75, 3.05) is 19.0 Å². The molecule has 3 rings (SSSR count). The van der Waals surface area contributed by atoms with Crippen LogP contribution in [0.4, 0.5) is 10.6 Å². The Morgan fingerprint density at radius 3 is 2.85 bits per heavy atom. The monoisotopic (exact) mass is 368 g/mol. The number of carbonyl (C=O) groups is 1. The Labute approximate surface area is 158 Å². The van der Waals surface area contributed by atoms with Gasteiger partial charge in [-0.15, -0.1) is 0 Å². The first kappa shape index (κ1) is 18.7. The van der Waals surface area contributed by atoms with Crippen molar-refractivity contribution in [1.82, 2.24) is 24.6 Å². The van der Waals surface area contributed by atoms with Gasteiger partial charge in [-0.05, 0) is 12.5 Å². The predicted molar refractivity (Wildman–Crippen MR) is 102 cm³/mol. The van der Waals surface area contributed by atoms with Gasteiger partial charge in [0, 0.05) is 25.9 Å². The fourth-order valence-electron chi connectivity index (χ4n) is 2.74. The third-order valence-corrected chi connectivity index (χ3v) is 4.08. The number of aromatic nitrogens is 4. The van der Waals surface area contributed by atoms with E-state index in [2.05, 4.69) is 20.7 Å². The maximum absolute atomic E-state index is 12.3. The van der Waals surface area contributed by atoms with Gasteiger partial charge in [0.25, 0.3) is 0 Å². The summed E-state index contributed by atoms with van der Waals surface area (Å²) >= 11 is 0. The number of hydrogen-bond acceptors (Lipinski definition) is 4. The largest absolute Gasteiger partial charge is 0.383 e. The summed E-state index contributed by atoms with van der Waals surface area (Å²) in [6.07, 6.45) is 3.46. The van der Waals surface area contributed by atoms with Crippen molar-refractivity contribution in [3.05, 3.63) is 65.9 Å². The summed E-state index contributed by atoms with van der Waals surface area (Å²) in [6, 6.07) is 11.6. The minimum absolute atomic E-state index is 0.288. The molecule has 0 aliphatic carbocycles. The van der Waals surface area contributed by atoms with E-state index in [-0.39, 0.29) is 6.03 Å². The summed E-state index contributed by atoms with van der Waals surface area (Å²) in [5.74, 6) is 0.654. The van der Waals surface area contributed by atoms with Crippen molar-refractivity contribution in [3.8, 4) is 0 Å². The Hall–Kier alpha value is -3.13. The maximum atomic E-state index is 12.3. The minimum atomic E-state index is -0.288. The number of imidazole rings is 1. The van der Waals surface area contributed by atoms with Gasteiger partial charge >= 0.3 is 6.03 Å². The zero-order valence-corrected chi connectivity index (χ0v) is 15.6. The fourth-order valence-corrected chi connectivity index (χ4v) is 2.74. The Morgan fingerprint density at radius 1 is 1.26 bits per heavy atom. The first-order chi connectivity index (χ1) is 13.2. The molecule has 142 valence electrons. The van der Waals surface area contributed by atoms with Gasteiger partial charge in [-0.3, -0.25) is 5.32 Å². The molecule has 3 aromatic rings. The van der Waals surface area contributed by atoms with Crippen LogP contribution in [0.15, 0.2) is 48.9 Å². The molecule has 0 radical (unpaired) electrons. The van der Waals surface area contributed by atoms with Crippen LogP contribution in [0.1, 0.15) is 17.0 Å². The van der Waals surface area contributed by atoms with Crippen LogP contribution in [-0.2, 0) is 24.4 Å². The summed E-state index contributed by atoms with van der Waals surface area (Å²) in [7, 11) is 1.66. The van der Waals surface area contributed by atoms with Gasteiger partial charge in [-0.2, -0.15) is 5.10 Å². The predicted octanol–water partition coefficient (Wildman–Crippen LogP) is 2.40. The van der Waals surface area contributed by atoms with Crippen molar-refractivity contribution in [3.63, 3.8) is 0 Å². The van der Waals surface area contributed by atoms with E-state index in [0.29, 0.717) is 32.1 Å². The lowest BCUT2D eigenvalue weighted by molar-refractivity contribution is 0.186. The smallest absolute Gasteiger partial charge is 0.320 e. The molecule has 0 saturated carbocycles. The molecule has 0 fully saturated rings. The van der Waals surface area contributed by atoms with Crippen LogP contribution in [0.5, 0.6) is 0 Å². The molecular formula is C19H24N6O2. The lowest BCUT2D eigenvalue weighted by atomic mass is 10.2. The normalized spacial score (nSPS) is 10.7. The van der Waals surface area contributed by atoms with Crippen molar-refractivity contribution in [2.45, 2.75) is 26.6 Å². The summed E-state index contributed by atoms with van der Waals surface area (Å²) in [6.45, 7) is 4.15. The van der Waals surface area contributed by atoms with Crippen molar-refractivity contribution in [2.24, 2.45) is 0 Å². The molecule has 0 aliphatic rings. The van der Waals surface area contributed by atoms with Crippen molar-refractivity contribution < 1.29 is 9.53 Å². The van der Waals surface area contributed by atoms with Crippen LogP contribution in [0.3, 0.4) is 0 Å². The van der Waals surface area contributed by atoms with E-state index >= 15 is 0 Å². The highest BCUT2D eigenvalue weighted by molar-refractivity contribution is 5.88. The standard InChI is InChI=1S/C19H24N6O2/c1-15-10-18(25(23-15)13-16-6-4-3-5-7-16)22-19(26)21-12-17-11-20-14-24(17)8-9-27-2/h3-7,10-11,14H,8-9,12-13H2,1-2H3,(H2,21,22,26). The van der Waals surface area contributed by atoms with Gasteiger partial charge in [0.05, 0.1) is 37.4 Å². The quantitative estimate of drug-likeness (QED) is 0.639. The minimum Gasteiger partial charge on any atom is -0.383 e. The molecule has 0 aliphatic heterocycles. The second-order valence-corrected chi connectivity index (χ2v) is 6.19. The van der Waals surface area contributed by atoms with Gasteiger partial charge in [0.1, 0.15) is 5.82 Å². The van der Waals surface area contributed by atoms with E-state index in [1.54, 1.807) is 24.3 Å². The summed E-state index contributed by atoms with van der Waals surface area (Å²) < 4.78 is 8.82. The zero-order chi connectivity index (χ0) is 19.1. The molecular weight excluding hydrogens is 344 g/mol. The van der Waals surface area contributed by atoms with E-state index in [1.165, 1.54) is 0 Å². The van der Waals surface area contributed by atoms with Gasteiger partial charge in [0.15, 0.2) is 0 Å². The molecule has 2 amide bonds. The van der Waals surface area contributed by atoms with Gasteiger partial charge in [0.2, 0.25) is 0 Å². The third-order valence-electron chi connectivity index (χ3n) is 4.08. The number of carbonyl (C=O) groups excluding carboxylic acids is 1. The maximum Gasteiger partial charge on any atom is 0.320 e. The summed E-state index contributed by atoms with van der Waals surface area (Å²) in [5.41, 5.74) is 2.88. The molecule has 1 aromatic carbocycles. The van der Waals surface area contributed by atoms with Crippen LogP contribution >= 0.6 is 0 Å². The molecule has 27 heavy (non-hydrogen) atoms.